The zero-order chi connectivity index (χ0) is 11.7. The topological polar surface area (TPSA) is 49.4 Å². The number of carbonyl (C=O) groups excluding carboxylic acids is 2. The van der Waals surface area contributed by atoms with Crippen LogP contribution < -0.4 is 5.32 Å². The summed E-state index contributed by atoms with van der Waals surface area (Å²) >= 11 is 1.55. The molecule has 0 aromatic carbocycles. The standard InChI is InChI=1S/C11H12N2O2S/c1-3-13-10(14)8(12-11(13)15)6-9-7(2)4-5-16-9/h4-6H,3H2,1-2H3,(H,12,15). The summed E-state index contributed by atoms with van der Waals surface area (Å²) in [5.41, 5.74) is 1.46. The Morgan fingerprint density at radius 3 is 2.75 bits per heavy atom. The average Bonchev–Trinajstić information content (AvgIpc) is 2.74. The first-order chi connectivity index (χ1) is 7.63. The van der Waals surface area contributed by atoms with Gasteiger partial charge in [-0.05, 0) is 36.9 Å². The van der Waals surface area contributed by atoms with Crippen molar-refractivity contribution in [3.63, 3.8) is 0 Å². The van der Waals surface area contributed by atoms with Gasteiger partial charge in [-0.15, -0.1) is 11.3 Å². The number of aryl methyl sites for hydroxylation is 1. The summed E-state index contributed by atoms with van der Waals surface area (Å²) < 4.78 is 0. The number of thiophene rings is 1. The van der Waals surface area contributed by atoms with E-state index in [9.17, 15) is 9.59 Å². The summed E-state index contributed by atoms with van der Waals surface area (Å²) in [5, 5.41) is 4.53. The molecule has 0 saturated carbocycles. The molecule has 0 radical (unpaired) electrons. The molecule has 2 heterocycles. The maximum Gasteiger partial charge on any atom is 0.328 e. The summed E-state index contributed by atoms with van der Waals surface area (Å²) in [4.78, 5) is 25.4. The molecule has 84 valence electrons. The lowest BCUT2D eigenvalue weighted by Crippen LogP contribution is -2.30. The number of nitrogens with zero attached hydrogens (tertiary/aromatic N) is 1. The van der Waals surface area contributed by atoms with Gasteiger partial charge in [-0.25, -0.2) is 4.79 Å². The maximum atomic E-state index is 11.8. The van der Waals surface area contributed by atoms with Gasteiger partial charge in [0.1, 0.15) is 5.70 Å². The molecule has 1 N–H and O–H groups in total. The van der Waals surface area contributed by atoms with E-state index in [1.54, 1.807) is 24.3 Å². The first-order valence-corrected chi connectivity index (χ1v) is 5.90. The quantitative estimate of drug-likeness (QED) is 0.630. The molecule has 1 aliphatic rings. The van der Waals surface area contributed by atoms with E-state index in [4.69, 9.17) is 0 Å². The lowest BCUT2D eigenvalue weighted by atomic mass is 10.2. The van der Waals surface area contributed by atoms with Crippen LogP contribution in [0.4, 0.5) is 4.79 Å². The molecule has 1 aromatic rings. The van der Waals surface area contributed by atoms with Crippen molar-refractivity contribution in [3.8, 4) is 0 Å². The van der Waals surface area contributed by atoms with E-state index in [1.165, 1.54) is 4.90 Å². The van der Waals surface area contributed by atoms with E-state index in [0.29, 0.717) is 12.2 Å². The van der Waals surface area contributed by atoms with Crippen LogP contribution in [-0.2, 0) is 4.79 Å². The summed E-state index contributed by atoms with van der Waals surface area (Å²) in [7, 11) is 0. The Bertz CT molecular complexity index is 476. The molecule has 1 aromatic heterocycles. The van der Waals surface area contributed by atoms with Crippen LogP contribution in [0.5, 0.6) is 0 Å². The van der Waals surface area contributed by atoms with Gasteiger partial charge in [0.05, 0.1) is 0 Å². The molecule has 0 spiro atoms. The third-order valence-corrected chi connectivity index (χ3v) is 3.42. The molecule has 5 heteroatoms. The van der Waals surface area contributed by atoms with Crippen LogP contribution in [0.1, 0.15) is 17.4 Å². The molecule has 1 fully saturated rings. The first-order valence-electron chi connectivity index (χ1n) is 5.02. The zero-order valence-corrected chi connectivity index (χ0v) is 9.93. The fourth-order valence-corrected chi connectivity index (χ4v) is 2.38. The summed E-state index contributed by atoms with van der Waals surface area (Å²) in [6, 6.07) is 1.64. The number of likely N-dealkylation sites (N-methyl/N-ethyl adjacent to an activating group) is 1. The Morgan fingerprint density at radius 2 is 2.25 bits per heavy atom. The van der Waals surface area contributed by atoms with Gasteiger partial charge in [0.15, 0.2) is 0 Å². The Balaban J connectivity index is 2.31. The molecular weight excluding hydrogens is 224 g/mol. The highest BCUT2D eigenvalue weighted by molar-refractivity contribution is 7.11. The van der Waals surface area contributed by atoms with Crippen molar-refractivity contribution < 1.29 is 9.59 Å². The van der Waals surface area contributed by atoms with E-state index in [2.05, 4.69) is 5.32 Å². The third-order valence-electron chi connectivity index (χ3n) is 2.46. The Hall–Kier alpha value is -1.62. The van der Waals surface area contributed by atoms with Gasteiger partial charge in [0, 0.05) is 11.4 Å². The second kappa shape index (κ2) is 4.09. The molecule has 1 aliphatic heterocycles. The van der Waals surface area contributed by atoms with Crippen molar-refractivity contribution in [1.82, 2.24) is 10.2 Å². The number of urea groups is 1. The molecule has 0 unspecified atom stereocenters. The summed E-state index contributed by atoms with van der Waals surface area (Å²) in [6.07, 6.45) is 1.73. The van der Waals surface area contributed by atoms with Crippen LogP contribution in [-0.4, -0.2) is 23.4 Å². The second-order valence-electron chi connectivity index (χ2n) is 3.51. The van der Waals surface area contributed by atoms with Crippen molar-refractivity contribution >= 4 is 29.4 Å². The lowest BCUT2D eigenvalue weighted by Gasteiger charge is -2.05. The number of carbonyl (C=O) groups is 2. The van der Waals surface area contributed by atoms with E-state index in [1.807, 2.05) is 18.4 Å². The fourth-order valence-electron chi connectivity index (χ4n) is 1.52. The highest BCUT2D eigenvalue weighted by Crippen LogP contribution is 2.20. The minimum Gasteiger partial charge on any atom is -0.303 e. The molecule has 16 heavy (non-hydrogen) atoms. The lowest BCUT2D eigenvalue weighted by molar-refractivity contribution is -0.122. The largest absolute Gasteiger partial charge is 0.328 e. The van der Waals surface area contributed by atoms with Crippen LogP contribution in [0.2, 0.25) is 0 Å². The predicted molar refractivity (Wildman–Crippen MR) is 63.0 cm³/mol. The van der Waals surface area contributed by atoms with E-state index >= 15 is 0 Å². The number of hydrogen-bond acceptors (Lipinski definition) is 3. The van der Waals surface area contributed by atoms with E-state index < -0.39 is 0 Å². The van der Waals surface area contributed by atoms with E-state index in [0.717, 1.165) is 10.4 Å². The van der Waals surface area contributed by atoms with Gasteiger partial charge < -0.3 is 5.32 Å². The number of imide groups is 1. The normalized spacial score (nSPS) is 18.4. The van der Waals surface area contributed by atoms with Gasteiger partial charge in [-0.3, -0.25) is 9.69 Å². The average molecular weight is 236 g/mol. The Labute approximate surface area is 97.6 Å². The SMILES string of the molecule is CCN1C(=O)NC(=Cc2sccc2C)C1=O. The van der Waals surface area contributed by atoms with Crippen LogP contribution in [0.3, 0.4) is 0 Å². The van der Waals surface area contributed by atoms with Crippen molar-refractivity contribution in [2.75, 3.05) is 6.54 Å². The highest BCUT2D eigenvalue weighted by atomic mass is 32.1. The number of nitrogens with one attached hydrogen (secondary N) is 1. The highest BCUT2D eigenvalue weighted by Gasteiger charge is 2.32. The smallest absolute Gasteiger partial charge is 0.303 e. The van der Waals surface area contributed by atoms with Crippen LogP contribution in [0.15, 0.2) is 17.1 Å². The van der Waals surface area contributed by atoms with Crippen molar-refractivity contribution in [2.45, 2.75) is 13.8 Å². The third kappa shape index (κ3) is 1.74. The molecule has 2 rings (SSSR count). The monoisotopic (exact) mass is 236 g/mol. The van der Waals surface area contributed by atoms with Gasteiger partial charge >= 0.3 is 6.03 Å². The molecular formula is C11H12N2O2S. The van der Waals surface area contributed by atoms with Gasteiger partial charge in [0.25, 0.3) is 5.91 Å². The molecule has 3 amide bonds. The minimum absolute atomic E-state index is 0.250. The number of hydrogen-bond donors (Lipinski definition) is 1. The first kappa shape index (κ1) is 10.9. The molecule has 0 aliphatic carbocycles. The van der Waals surface area contributed by atoms with Crippen LogP contribution in [0.25, 0.3) is 6.08 Å². The fraction of sp³-hybridized carbons (Fsp3) is 0.273. The second-order valence-corrected chi connectivity index (χ2v) is 4.45. The molecule has 1 saturated heterocycles. The molecule has 0 atom stereocenters. The van der Waals surface area contributed by atoms with Gasteiger partial charge in [-0.2, -0.15) is 0 Å². The summed E-state index contributed by atoms with van der Waals surface area (Å²) in [6.45, 7) is 4.14. The minimum atomic E-state index is -0.340. The van der Waals surface area contributed by atoms with Crippen LogP contribution >= 0.6 is 11.3 Å². The Kier molecular flexibility index (Phi) is 2.78. The van der Waals surface area contributed by atoms with Gasteiger partial charge in [0.2, 0.25) is 0 Å². The maximum absolute atomic E-state index is 11.8. The Morgan fingerprint density at radius 1 is 1.50 bits per heavy atom. The zero-order valence-electron chi connectivity index (χ0n) is 9.11. The molecule has 0 bridgehead atoms. The van der Waals surface area contributed by atoms with E-state index in [-0.39, 0.29) is 11.9 Å². The van der Waals surface area contributed by atoms with Gasteiger partial charge in [-0.1, -0.05) is 0 Å². The van der Waals surface area contributed by atoms with Crippen molar-refractivity contribution in [3.05, 3.63) is 27.6 Å². The van der Waals surface area contributed by atoms with Crippen molar-refractivity contribution in [2.24, 2.45) is 0 Å². The van der Waals surface area contributed by atoms with Crippen LogP contribution in [0, 0.1) is 6.92 Å². The number of rotatable bonds is 2. The molecule has 4 nitrogen and oxygen atoms in total. The number of amides is 3. The van der Waals surface area contributed by atoms with Crippen molar-refractivity contribution in [1.29, 1.82) is 0 Å². The summed E-state index contributed by atoms with van der Waals surface area (Å²) in [5.74, 6) is -0.250. The predicted octanol–water partition coefficient (Wildman–Crippen LogP) is 1.97.